The molecule has 1 aromatic heterocycles. The normalized spacial score (nSPS) is 10.1. The lowest BCUT2D eigenvalue weighted by Crippen LogP contribution is -2.12. The van der Waals surface area contributed by atoms with Gasteiger partial charge in [0.25, 0.3) is 5.91 Å². The first kappa shape index (κ1) is 11.9. The van der Waals surface area contributed by atoms with E-state index < -0.39 is 5.91 Å². The molecule has 5 nitrogen and oxygen atoms in total. The molecule has 0 fully saturated rings. The van der Waals surface area contributed by atoms with Gasteiger partial charge in [-0.1, -0.05) is 12.1 Å². The summed E-state index contributed by atoms with van der Waals surface area (Å²) >= 11 is 0. The van der Waals surface area contributed by atoms with Crippen molar-refractivity contribution in [2.75, 3.05) is 5.73 Å². The fourth-order valence-corrected chi connectivity index (χ4v) is 1.54. The summed E-state index contributed by atoms with van der Waals surface area (Å²) in [7, 11) is 0. The van der Waals surface area contributed by atoms with Gasteiger partial charge in [-0.2, -0.15) is 0 Å². The molecule has 0 saturated carbocycles. The van der Waals surface area contributed by atoms with Gasteiger partial charge in [-0.25, -0.2) is 0 Å². The van der Waals surface area contributed by atoms with Gasteiger partial charge in [0.15, 0.2) is 5.75 Å². The van der Waals surface area contributed by atoms with Gasteiger partial charge >= 0.3 is 0 Å². The number of rotatable bonds is 3. The maximum atomic E-state index is 11.0. The Kier molecular flexibility index (Phi) is 3.14. The molecule has 5 heteroatoms. The Morgan fingerprint density at radius 3 is 2.78 bits per heavy atom. The van der Waals surface area contributed by atoms with Crippen molar-refractivity contribution in [3.63, 3.8) is 0 Å². The number of benzene rings is 1. The van der Waals surface area contributed by atoms with E-state index in [4.69, 9.17) is 16.2 Å². The van der Waals surface area contributed by atoms with E-state index in [9.17, 15) is 4.79 Å². The number of carbonyl (C=O) groups is 1. The maximum Gasteiger partial charge on any atom is 0.267 e. The Bertz CT molecular complexity index is 576. The molecule has 4 N–H and O–H groups in total. The first-order valence-corrected chi connectivity index (χ1v) is 5.36. The highest BCUT2D eigenvalue weighted by molar-refractivity contribution is 5.91. The Morgan fingerprint density at radius 2 is 2.11 bits per heavy atom. The Balaban J connectivity index is 2.34. The van der Waals surface area contributed by atoms with E-state index >= 15 is 0 Å². The first-order valence-electron chi connectivity index (χ1n) is 5.36. The highest BCUT2D eigenvalue weighted by Gasteiger charge is 2.08. The van der Waals surface area contributed by atoms with Crippen LogP contribution in [0.4, 0.5) is 5.69 Å². The topological polar surface area (TPSA) is 91.2 Å². The fraction of sp³-hybridized carbons (Fsp3) is 0.0769. The first-order chi connectivity index (χ1) is 8.58. The molecule has 0 atom stereocenters. The second-order valence-corrected chi connectivity index (χ2v) is 3.84. The minimum atomic E-state index is -0.599. The van der Waals surface area contributed by atoms with E-state index in [1.54, 1.807) is 12.1 Å². The largest absolute Gasteiger partial charge is 0.455 e. The van der Waals surface area contributed by atoms with Gasteiger partial charge in [0.1, 0.15) is 11.4 Å². The Morgan fingerprint density at radius 1 is 1.33 bits per heavy atom. The van der Waals surface area contributed by atoms with E-state index in [2.05, 4.69) is 4.98 Å². The number of hydrogen-bond donors (Lipinski definition) is 2. The van der Waals surface area contributed by atoms with Crippen LogP contribution in [-0.4, -0.2) is 10.9 Å². The van der Waals surface area contributed by atoms with Crippen LogP contribution < -0.4 is 16.2 Å². The van der Waals surface area contributed by atoms with Crippen LogP contribution in [0.25, 0.3) is 0 Å². The van der Waals surface area contributed by atoms with Crippen LogP contribution in [0.15, 0.2) is 36.5 Å². The van der Waals surface area contributed by atoms with E-state index in [1.807, 2.05) is 19.1 Å². The fourth-order valence-electron chi connectivity index (χ4n) is 1.54. The van der Waals surface area contributed by atoms with Crippen molar-refractivity contribution >= 4 is 11.6 Å². The zero-order valence-electron chi connectivity index (χ0n) is 9.88. The molecular weight excluding hydrogens is 230 g/mol. The van der Waals surface area contributed by atoms with Crippen LogP contribution in [0, 0.1) is 6.92 Å². The summed E-state index contributed by atoms with van der Waals surface area (Å²) in [6.45, 7) is 1.89. The van der Waals surface area contributed by atoms with E-state index in [0.29, 0.717) is 17.2 Å². The number of nitrogen functional groups attached to an aromatic ring is 1. The monoisotopic (exact) mass is 243 g/mol. The smallest absolute Gasteiger partial charge is 0.267 e. The van der Waals surface area contributed by atoms with Crippen LogP contribution in [0.5, 0.6) is 11.5 Å². The van der Waals surface area contributed by atoms with E-state index in [0.717, 1.165) is 5.56 Å². The molecule has 0 aliphatic carbocycles. The molecule has 0 spiro atoms. The summed E-state index contributed by atoms with van der Waals surface area (Å²) in [6, 6.07) is 8.60. The quantitative estimate of drug-likeness (QED) is 0.805. The maximum absolute atomic E-state index is 11.0. The zero-order chi connectivity index (χ0) is 13.1. The van der Waals surface area contributed by atoms with Gasteiger partial charge < -0.3 is 16.2 Å². The minimum absolute atomic E-state index is 0.152. The van der Waals surface area contributed by atoms with Crippen LogP contribution >= 0.6 is 0 Å². The SMILES string of the molecule is Cc1cccc(N)c1Oc1ccnc(C(N)=O)c1. The number of pyridine rings is 1. The van der Waals surface area contributed by atoms with Crippen LogP contribution in [0.1, 0.15) is 16.1 Å². The van der Waals surface area contributed by atoms with Crippen LogP contribution in [0.2, 0.25) is 0 Å². The summed E-state index contributed by atoms with van der Waals surface area (Å²) in [5.41, 5.74) is 12.6. The van der Waals surface area contributed by atoms with Gasteiger partial charge in [-0.05, 0) is 24.6 Å². The number of para-hydroxylation sites is 1. The Hall–Kier alpha value is -2.56. The molecule has 0 bridgehead atoms. The highest BCUT2D eigenvalue weighted by atomic mass is 16.5. The van der Waals surface area contributed by atoms with Gasteiger partial charge in [-0.15, -0.1) is 0 Å². The molecule has 0 saturated heterocycles. The molecular formula is C13H13N3O2. The molecule has 18 heavy (non-hydrogen) atoms. The molecule has 0 aliphatic heterocycles. The van der Waals surface area contributed by atoms with Gasteiger partial charge in [-0.3, -0.25) is 9.78 Å². The number of aryl methyl sites for hydroxylation is 1. The predicted octanol–water partition coefficient (Wildman–Crippen LogP) is 1.86. The number of ether oxygens (including phenoxy) is 1. The van der Waals surface area contributed by atoms with Crippen LogP contribution in [0.3, 0.4) is 0 Å². The van der Waals surface area contributed by atoms with Crippen molar-refractivity contribution in [2.24, 2.45) is 5.73 Å². The average molecular weight is 243 g/mol. The van der Waals surface area contributed by atoms with Crippen LogP contribution in [-0.2, 0) is 0 Å². The zero-order valence-corrected chi connectivity index (χ0v) is 9.88. The number of hydrogen-bond acceptors (Lipinski definition) is 4. The third-order valence-electron chi connectivity index (χ3n) is 2.45. The second-order valence-electron chi connectivity index (χ2n) is 3.84. The molecule has 1 heterocycles. The Labute approximate surface area is 104 Å². The molecule has 0 aliphatic rings. The number of primary amides is 1. The molecule has 1 aromatic carbocycles. The third kappa shape index (κ3) is 2.40. The lowest BCUT2D eigenvalue weighted by molar-refractivity contribution is 0.0995. The molecule has 92 valence electrons. The summed E-state index contributed by atoms with van der Waals surface area (Å²) in [6.07, 6.45) is 1.46. The number of nitrogens with zero attached hydrogens (tertiary/aromatic N) is 1. The number of anilines is 1. The lowest BCUT2D eigenvalue weighted by atomic mass is 10.2. The van der Waals surface area contributed by atoms with Crippen molar-refractivity contribution in [3.8, 4) is 11.5 Å². The summed E-state index contributed by atoms with van der Waals surface area (Å²) < 4.78 is 5.66. The number of amides is 1. The lowest BCUT2D eigenvalue weighted by Gasteiger charge is -2.11. The van der Waals surface area contributed by atoms with E-state index in [1.165, 1.54) is 12.3 Å². The van der Waals surface area contributed by atoms with Crippen molar-refractivity contribution in [2.45, 2.75) is 6.92 Å². The van der Waals surface area contributed by atoms with Crippen molar-refractivity contribution in [3.05, 3.63) is 47.8 Å². The molecule has 0 unspecified atom stereocenters. The highest BCUT2D eigenvalue weighted by Crippen LogP contribution is 2.30. The summed E-state index contributed by atoms with van der Waals surface area (Å²) in [4.78, 5) is 14.9. The molecule has 2 aromatic rings. The number of carbonyl (C=O) groups excluding carboxylic acids is 1. The minimum Gasteiger partial charge on any atom is -0.455 e. The summed E-state index contributed by atoms with van der Waals surface area (Å²) in [5, 5.41) is 0. The molecule has 1 amide bonds. The standard InChI is InChI=1S/C13H13N3O2/c1-8-3-2-4-10(14)12(8)18-9-5-6-16-11(7-9)13(15)17/h2-7H,14H2,1H3,(H2,15,17). The molecule has 2 rings (SSSR count). The average Bonchev–Trinajstić information content (AvgIpc) is 2.34. The summed E-state index contributed by atoms with van der Waals surface area (Å²) in [5.74, 6) is 0.442. The number of aromatic nitrogens is 1. The van der Waals surface area contributed by atoms with Gasteiger partial charge in [0.2, 0.25) is 0 Å². The van der Waals surface area contributed by atoms with E-state index in [-0.39, 0.29) is 5.69 Å². The van der Waals surface area contributed by atoms with Gasteiger partial charge in [0, 0.05) is 12.3 Å². The van der Waals surface area contributed by atoms with Gasteiger partial charge in [0.05, 0.1) is 5.69 Å². The van der Waals surface area contributed by atoms with Crippen molar-refractivity contribution < 1.29 is 9.53 Å². The predicted molar refractivity (Wildman–Crippen MR) is 68.4 cm³/mol. The van der Waals surface area contributed by atoms with Crippen molar-refractivity contribution in [1.29, 1.82) is 0 Å². The third-order valence-corrected chi connectivity index (χ3v) is 2.45. The number of nitrogens with two attached hydrogens (primary N) is 2. The second kappa shape index (κ2) is 4.75. The molecule has 0 radical (unpaired) electrons. The van der Waals surface area contributed by atoms with Crippen molar-refractivity contribution in [1.82, 2.24) is 4.98 Å².